The van der Waals surface area contributed by atoms with Gasteiger partial charge in [0.25, 0.3) is 0 Å². The Morgan fingerprint density at radius 1 is 1.27 bits per heavy atom. The van der Waals surface area contributed by atoms with Gasteiger partial charge in [-0.05, 0) is 37.8 Å². The molecular formula is C13H15NO. The maximum absolute atomic E-state index is 9.24. The maximum atomic E-state index is 9.24. The number of methoxy groups -OCH3 is 1. The molecule has 1 aliphatic rings. The van der Waals surface area contributed by atoms with Gasteiger partial charge in [-0.3, -0.25) is 0 Å². The molecule has 0 amide bonds. The molecule has 1 saturated carbocycles. The Morgan fingerprint density at radius 2 is 1.87 bits per heavy atom. The topological polar surface area (TPSA) is 33.0 Å². The van der Waals surface area contributed by atoms with Crippen molar-refractivity contribution in [3.05, 3.63) is 28.8 Å². The van der Waals surface area contributed by atoms with Crippen LogP contribution in [-0.2, 0) is 5.41 Å². The van der Waals surface area contributed by atoms with Crippen molar-refractivity contribution in [1.82, 2.24) is 0 Å². The minimum absolute atomic E-state index is 0.262. The molecule has 1 aromatic carbocycles. The Balaban J connectivity index is 2.64. The zero-order chi connectivity index (χ0) is 11.1. The van der Waals surface area contributed by atoms with Gasteiger partial charge in [0.2, 0.25) is 0 Å². The van der Waals surface area contributed by atoms with Gasteiger partial charge in [-0.15, -0.1) is 0 Å². The van der Waals surface area contributed by atoms with Crippen LogP contribution in [0.2, 0.25) is 0 Å². The van der Waals surface area contributed by atoms with Crippen LogP contribution in [0.15, 0.2) is 12.1 Å². The first-order valence-corrected chi connectivity index (χ1v) is 5.20. The molecule has 78 valence electrons. The highest BCUT2D eigenvalue weighted by atomic mass is 16.5. The summed E-state index contributed by atoms with van der Waals surface area (Å²) < 4.78 is 5.43. The fraction of sp³-hybridized carbons (Fsp3) is 0.462. The molecule has 1 aromatic rings. The normalized spacial score (nSPS) is 16.9. The summed E-state index contributed by atoms with van der Waals surface area (Å²) >= 11 is 0. The predicted molar refractivity (Wildman–Crippen MR) is 59.0 cm³/mol. The van der Waals surface area contributed by atoms with E-state index < -0.39 is 0 Å². The summed E-state index contributed by atoms with van der Waals surface area (Å²) in [7, 11) is 1.68. The van der Waals surface area contributed by atoms with Gasteiger partial charge in [0.15, 0.2) is 0 Å². The van der Waals surface area contributed by atoms with E-state index in [1.165, 1.54) is 0 Å². The molecule has 0 saturated heterocycles. The molecule has 1 fully saturated rings. The molecule has 0 radical (unpaired) electrons. The van der Waals surface area contributed by atoms with Gasteiger partial charge in [-0.25, -0.2) is 0 Å². The smallest absolute Gasteiger partial charge is 0.126 e. The highest BCUT2D eigenvalue weighted by Gasteiger charge is 2.48. The van der Waals surface area contributed by atoms with Crippen LogP contribution in [0.3, 0.4) is 0 Å². The van der Waals surface area contributed by atoms with Crippen molar-refractivity contribution in [2.24, 2.45) is 0 Å². The highest BCUT2D eigenvalue weighted by Crippen LogP contribution is 2.52. The van der Waals surface area contributed by atoms with Crippen molar-refractivity contribution < 1.29 is 4.74 Å². The van der Waals surface area contributed by atoms with Crippen molar-refractivity contribution >= 4 is 0 Å². The van der Waals surface area contributed by atoms with E-state index in [1.807, 2.05) is 13.0 Å². The van der Waals surface area contributed by atoms with Crippen molar-refractivity contribution in [2.45, 2.75) is 32.1 Å². The van der Waals surface area contributed by atoms with Gasteiger partial charge in [-0.2, -0.15) is 5.26 Å². The van der Waals surface area contributed by atoms with Crippen molar-refractivity contribution in [3.63, 3.8) is 0 Å². The average Bonchev–Trinajstić information content (AvgIpc) is 3.01. The summed E-state index contributed by atoms with van der Waals surface area (Å²) in [5, 5.41) is 9.24. The lowest BCUT2D eigenvalue weighted by Crippen LogP contribution is -2.09. The highest BCUT2D eigenvalue weighted by molar-refractivity contribution is 5.55. The van der Waals surface area contributed by atoms with Gasteiger partial charge in [0, 0.05) is 5.56 Å². The Bertz CT molecular complexity index is 439. The molecular weight excluding hydrogens is 186 g/mol. The lowest BCUT2D eigenvalue weighted by Gasteiger charge is -2.17. The summed E-state index contributed by atoms with van der Waals surface area (Å²) in [5.41, 5.74) is 3.12. The van der Waals surface area contributed by atoms with E-state index in [0.29, 0.717) is 0 Å². The molecule has 0 bridgehead atoms. The zero-order valence-corrected chi connectivity index (χ0v) is 9.42. The molecule has 2 nitrogen and oxygen atoms in total. The van der Waals surface area contributed by atoms with Crippen LogP contribution in [0.1, 0.15) is 29.5 Å². The Kier molecular flexibility index (Phi) is 2.19. The molecule has 2 rings (SSSR count). The van der Waals surface area contributed by atoms with Crippen LogP contribution in [-0.4, -0.2) is 7.11 Å². The minimum Gasteiger partial charge on any atom is -0.496 e. The molecule has 15 heavy (non-hydrogen) atoms. The number of hydrogen-bond acceptors (Lipinski definition) is 2. The Hall–Kier alpha value is -1.49. The third-order valence-electron chi connectivity index (χ3n) is 3.21. The molecule has 0 aliphatic heterocycles. The SMILES string of the molecule is COc1c(C)ccc(C)c1C1(C#N)CC1. The first kappa shape index (κ1) is 10.0. The fourth-order valence-electron chi connectivity index (χ4n) is 2.19. The number of aryl methyl sites for hydroxylation is 2. The summed E-state index contributed by atoms with van der Waals surface area (Å²) in [6, 6.07) is 6.55. The predicted octanol–water partition coefficient (Wildman–Crippen LogP) is 2.87. The number of rotatable bonds is 2. The minimum atomic E-state index is -0.262. The second-order valence-corrected chi connectivity index (χ2v) is 4.30. The van der Waals surface area contributed by atoms with Gasteiger partial charge in [0.05, 0.1) is 18.6 Å². The number of ether oxygens (including phenoxy) is 1. The molecule has 0 N–H and O–H groups in total. The monoisotopic (exact) mass is 201 g/mol. The number of nitriles is 1. The molecule has 0 heterocycles. The van der Waals surface area contributed by atoms with Crippen molar-refractivity contribution in [2.75, 3.05) is 7.11 Å². The largest absolute Gasteiger partial charge is 0.496 e. The van der Waals surface area contributed by atoms with E-state index in [9.17, 15) is 5.26 Å². The van der Waals surface area contributed by atoms with Crippen LogP contribution in [0.4, 0.5) is 0 Å². The van der Waals surface area contributed by atoms with Crippen LogP contribution < -0.4 is 4.74 Å². The number of hydrogen-bond donors (Lipinski definition) is 0. The molecule has 0 unspecified atom stereocenters. The number of benzene rings is 1. The standard InChI is InChI=1S/C13H15NO/c1-9-4-5-10(2)12(15-3)11(9)13(8-14)6-7-13/h4-5H,6-7H2,1-3H3. The van der Waals surface area contributed by atoms with E-state index in [-0.39, 0.29) is 5.41 Å². The van der Waals surface area contributed by atoms with Gasteiger partial charge in [0.1, 0.15) is 5.75 Å². The lowest BCUT2D eigenvalue weighted by atomic mass is 9.90. The first-order valence-electron chi connectivity index (χ1n) is 5.20. The second kappa shape index (κ2) is 3.27. The quantitative estimate of drug-likeness (QED) is 0.737. The lowest BCUT2D eigenvalue weighted by molar-refractivity contribution is 0.404. The van der Waals surface area contributed by atoms with E-state index in [4.69, 9.17) is 4.74 Å². The maximum Gasteiger partial charge on any atom is 0.126 e. The summed E-state index contributed by atoms with van der Waals surface area (Å²) in [6.45, 7) is 4.07. The summed E-state index contributed by atoms with van der Waals surface area (Å²) in [6.07, 6.45) is 1.92. The van der Waals surface area contributed by atoms with Crippen LogP contribution >= 0.6 is 0 Å². The summed E-state index contributed by atoms with van der Waals surface area (Å²) in [4.78, 5) is 0. The second-order valence-electron chi connectivity index (χ2n) is 4.30. The Morgan fingerprint density at radius 3 is 2.33 bits per heavy atom. The van der Waals surface area contributed by atoms with Crippen LogP contribution in [0.25, 0.3) is 0 Å². The van der Waals surface area contributed by atoms with Crippen LogP contribution in [0, 0.1) is 25.2 Å². The first-order chi connectivity index (χ1) is 7.14. The fourth-order valence-corrected chi connectivity index (χ4v) is 2.19. The van der Waals surface area contributed by atoms with E-state index >= 15 is 0 Å². The summed E-state index contributed by atoms with van der Waals surface area (Å²) in [5.74, 6) is 0.897. The molecule has 2 heteroatoms. The van der Waals surface area contributed by atoms with Crippen LogP contribution in [0.5, 0.6) is 5.75 Å². The van der Waals surface area contributed by atoms with E-state index in [2.05, 4.69) is 19.1 Å². The molecule has 0 spiro atoms. The molecule has 0 atom stereocenters. The zero-order valence-electron chi connectivity index (χ0n) is 9.42. The van der Waals surface area contributed by atoms with Gasteiger partial charge < -0.3 is 4.74 Å². The third-order valence-corrected chi connectivity index (χ3v) is 3.21. The van der Waals surface area contributed by atoms with Crippen molar-refractivity contribution in [3.8, 4) is 11.8 Å². The van der Waals surface area contributed by atoms with Gasteiger partial charge >= 0.3 is 0 Å². The third kappa shape index (κ3) is 1.39. The molecule has 1 aliphatic carbocycles. The van der Waals surface area contributed by atoms with Gasteiger partial charge in [-0.1, -0.05) is 12.1 Å². The van der Waals surface area contributed by atoms with E-state index in [0.717, 1.165) is 35.3 Å². The Labute approximate surface area is 90.5 Å². The molecule has 0 aromatic heterocycles. The van der Waals surface area contributed by atoms with Crippen molar-refractivity contribution in [1.29, 1.82) is 5.26 Å². The average molecular weight is 201 g/mol. The van der Waals surface area contributed by atoms with E-state index in [1.54, 1.807) is 7.11 Å². The number of nitrogens with zero attached hydrogens (tertiary/aromatic N) is 1.